The molecule has 0 saturated carbocycles. The third-order valence-corrected chi connectivity index (χ3v) is 6.53. The van der Waals surface area contributed by atoms with E-state index in [-0.39, 0.29) is 11.5 Å². The number of allylic oxidation sites excluding steroid dienone is 1. The lowest BCUT2D eigenvalue weighted by atomic mass is 10.0. The van der Waals surface area contributed by atoms with Crippen molar-refractivity contribution in [2.45, 2.75) is 38.8 Å². The van der Waals surface area contributed by atoms with Gasteiger partial charge in [0.15, 0.2) is 5.76 Å². The Kier molecular flexibility index (Phi) is 5.54. The number of carbonyl (C=O) groups excluding carboxylic acids is 1. The fourth-order valence-corrected chi connectivity index (χ4v) is 4.60. The van der Waals surface area contributed by atoms with Crippen LogP contribution < -0.4 is 4.74 Å². The SMILES string of the molecule is C[C@@H]1CCCCN1Cc1c(O)ccc2c1OC(=Cc1ccc(-c3ccccc3)cc1)C2=O. The van der Waals surface area contributed by atoms with Crippen LogP contribution in [0.5, 0.6) is 11.5 Å². The Morgan fingerprint density at radius 1 is 1.00 bits per heavy atom. The van der Waals surface area contributed by atoms with E-state index in [4.69, 9.17) is 4.74 Å². The lowest BCUT2D eigenvalue weighted by molar-refractivity contribution is 0.101. The maximum absolute atomic E-state index is 13.0. The molecule has 4 nitrogen and oxygen atoms in total. The fourth-order valence-electron chi connectivity index (χ4n) is 4.60. The standard InChI is InChI=1S/C28H27NO3/c1-19-7-5-6-16-29(19)18-24-25(30)15-14-23-27(31)26(32-28(23)24)17-20-10-12-22(13-11-20)21-8-3-2-4-9-21/h2-4,8-15,17,19,30H,5-7,16,18H2,1H3/t19-/m1/s1. The third-order valence-electron chi connectivity index (χ3n) is 6.53. The van der Waals surface area contributed by atoms with Gasteiger partial charge in [0.2, 0.25) is 5.78 Å². The minimum absolute atomic E-state index is 0.139. The van der Waals surface area contributed by atoms with Crippen molar-refractivity contribution in [3.63, 3.8) is 0 Å². The Bertz CT molecular complexity index is 1170. The topological polar surface area (TPSA) is 49.8 Å². The molecule has 162 valence electrons. The summed E-state index contributed by atoms with van der Waals surface area (Å²) in [5.41, 5.74) is 4.40. The predicted molar refractivity (Wildman–Crippen MR) is 127 cm³/mol. The molecule has 0 amide bonds. The summed E-state index contributed by atoms with van der Waals surface area (Å²) in [7, 11) is 0. The first-order valence-electron chi connectivity index (χ1n) is 11.3. The second-order valence-electron chi connectivity index (χ2n) is 8.68. The van der Waals surface area contributed by atoms with E-state index in [9.17, 15) is 9.90 Å². The molecular formula is C28H27NO3. The molecule has 1 fully saturated rings. The quantitative estimate of drug-likeness (QED) is 0.517. The monoisotopic (exact) mass is 425 g/mol. The summed E-state index contributed by atoms with van der Waals surface area (Å²) in [6, 6.07) is 22.0. The number of ketones is 1. The molecule has 3 aromatic rings. The average molecular weight is 426 g/mol. The van der Waals surface area contributed by atoms with Gasteiger partial charge in [0.1, 0.15) is 11.5 Å². The fraction of sp³-hybridized carbons (Fsp3) is 0.250. The van der Waals surface area contributed by atoms with Crippen molar-refractivity contribution in [1.29, 1.82) is 0 Å². The number of hydrogen-bond donors (Lipinski definition) is 1. The summed E-state index contributed by atoms with van der Waals surface area (Å²) in [6.45, 7) is 3.80. The van der Waals surface area contributed by atoms with E-state index in [0.29, 0.717) is 35.2 Å². The van der Waals surface area contributed by atoms with E-state index in [1.54, 1.807) is 18.2 Å². The zero-order valence-corrected chi connectivity index (χ0v) is 18.3. The molecule has 0 bridgehead atoms. The van der Waals surface area contributed by atoms with Gasteiger partial charge in [0.25, 0.3) is 0 Å². The van der Waals surface area contributed by atoms with E-state index in [1.807, 2.05) is 42.5 Å². The van der Waals surface area contributed by atoms with Crippen LogP contribution in [0.1, 0.15) is 47.7 Å². The van der Waals surface area contributed by atoms with E-state index in [0.717, 1.165) is 36.1 Å². The molecule has 2 aliphatic rings. The van der Waals surface area contributed by atoms with Crippen LogP contribution in [-0.4, -0.2) is 28.4 Å². The number of fused-ring (bicyclic) bond motifs is 1. The number of nitrogens with zero attached hydrogens (tertiary/aromatic N) is 1. The van der Waals surface area contributed by atoms with Crippen LogP contribution in [0.25, 0.3) is 17.2 Å². The smallest absolute Gasteiger partial charge is 0.231 e. The summed E-state index contributed by atoms with van der Waals surface area (Å²) < 4.78 is 6.05. The summed E-state index contributed by atoms with van der Waals surface area (Å²) in [4.78, 5) is 15.4. The van der Waals surface area contributed by atoms with Crippen molar-refractivity contribution in [2.24, 2.45) is 0 Å². The van der Waals surface area contributed by atoms with Gasteiger partial charge < -0.3 is 9.84 Å². The Hall–Kier alpha value is -3.37. The highest BCUT2D eigenvalue weighted by Gasteiger charge is 2.32. The molecule has 0 aliphatic carbocycles. The van der Waals surface area contributed by atoms with Crippen molar-refractivity contribution in [1.82, 2.24) is 4.90 Å². The van der Waals surface area contributed by atoms with E-state index in [2.05, 4.69) is 24.0 Å². The van der Waals surface area contributed by atoms with Crippen LogP contribution in [0.15, 0.2) is 72.5 Å². The van der Waals surface area contributed by atoms with Crippen molar-refractivity contribution < 1.29 is 14.6 Å². The van der Waals surface area contributed by atoms with Crippen LogP contribution in [0, 0.1) is 0 Å². The van der Waals surface area contributed by atoms with Gasteiger partial charge in [-0.25, -0.2) is 0 Å². The summed E-state index contributed by atoms with van der Waals surface area (Å²) >= 11 is 0. The van der Waals surface area contributed by atoms with Crippen molar-refractivity contribution in [3.8, 4) is 22.6 Å². The molecule has 5 rings (SSSR count). The Balaban J connectivity index is 1.41. The van der Waals surface area contributed by atoms with Gasteiger partial charge in [0.05, 0.1) is 11.1 Å². The predicted octanol–water partition coefficient (Wildman–Crippen LogP) is 6.05. The molecule has 1 atom stereocenters. The molecule has 1 saturated heterocycles. The van der Waals surface area contributed by atoms with E-state index < -0.39 is 0 Å². The lowest BCUT2D eigenvalue weighted by Crippen LogP contribution is -2.36. The molecule has 0 unspecified atom stereocenters. The summed E-state index contributed by atoms with van der Waals surface area (Å²) in [6.07, 6.45) is 5.33. The van der Waals surface area contributed by atoms with Crippen LogP contribution in [-0.2, 0) is 6.54 Å². The second-order valence-corrected chi connectivity index (χ2v) is 8.68. The van der Waals surface area contributed by atoms with Gasteiger partial charge in [-0.05, 0) is 61.2 Å². The number of ether oxygens (including phenoxy) is 1. The highest BCUT2D eigenvalue weighted by molar-refractivity contribution is 6.15. The van der Waals surface area contributed by atoms with Crippen LogP contribution in [0.3, 0.4) is 0 Å². The highest BCUT2D eigenvalue weighted by atomic mass is 16.5. The Labute approximate surface area is 188 Å². The number of benzene rings is 3. The molecule has 0 radical (unpaired) electrons. The van der Waals surface area contributed by atoms with Gasteiger partial charge in [0, 0.05) is 12.6 Å². The number of piperidine rings is 1. The van der Waals surface area contributed by atoms with Gasteiger partial charge in [-0.1, -0.05) is 61.0 Å². The Morgan fingerprint density at radius 2 is 1.75 bits per heavy atom. The largest absolute Gasteiger partial charge is 0.507 e. The first-order chi connectivity index (χ1) is 15.6. The molecule has 0 spiro atoms. The minimum Gasteiger partial charge on any atom is -0.507 e. The number of phenolic OH excluding ortho intramolecular Hbond substituents is 1. The van der Waals surface area contributed by atoms with E-state index >= 15 is 0 Å². The average Bonchev–Trinajstić information content (AvgIpc) is 3.13. The van der Waals surface area contributed by atoms with Gasteiger partial charge >= 0.3 is 0 Å². The number of likely N-dealkylation sites (tertiary alicyclic amines) is 1. The maximum atomic E-state index is 13.0. The molecule has 2 heterocycles. The first kappa shape index (κ1) is 20.5. The van der Waals surface area contributed by atoms with Crippen molar-refractivity contribution in [2.75, 3.05) is 6.54 Å². The third kappa shape index (κ3) is 3.94. The van der Waals surface area contributed by atoms with Crippen molar-refractivity contribution in [3.05, 3.63) is 89.2 Å². The number of hydrogen-bond acceptors (Lipinski definition) is 4. The molecule has 4 heteroatoms. The normalized spacial score (nSPS) is 19.7. The van der Waals surface area contributed by atoms with Gasteiger partial charge in [-0.2, -0.15) is 0 Å². The maximum Gasteiger partial charge on any atom is 0.231 e. The van der Waals surface area contributed by atoms with Crippen LogP contribution in [0.2, 0.25) is 0 Å². The number of aromatic hydroxyl groups is 1. The first-order valence-corrected chi connectivity index (χ1v) is 11.3. The van der Waals surface area contributed by atoms with Gasteiger partial charge in [-0.3, -0.25) is 9.69 Å². The van der Waals surface area contributed by atoms with Gasteiger partial charge in [-0.15, -0.1) is 0 Å². The molecule has 3 aromatic carbocycles. The van der Waals surface area contributed by atoms with E-state index in [1.165, 1.54) is 6.42 Å². The number of rotatable bonds is 4. The second kappa shape index (κ2) is 8.64. The molecule has 1 N–H and O–H groups in total. The Morgan fingerprint density at radius 3 is 2.50 bits per heavy atom. The molecular weight excluding hydrogens is 398 g/mol. The highest BCUT2D eigenvalue weighted by Crippen LogP contribution is 2.40. The summed E-state index contributed by atoms with van der Waals surface area (Å²) in [5, 5.41) is 10.6. The zero-order chi connectivity index (χ0) is 22.1. The minimum atomic E-state index is -0.139. The molecule has 0 aromatic heterocycles. The molecule has 2 aliphatic heterocycles. The number of Topliss-reactive ketones (excluding diaryl/α,β-unsaturated/α-hetero) is 1. The lowest BCUT2D eigenvalue weighted by Gasteiger charge is -2.33. The number of phenols is 1. The molecule has 32 heavy (non-hydrogen) atoms. The zero-order valence-electron chi connectivity index (χ0n) is 18.3. The summed E-state index contributed by atoms with van der Waals surface area (Å²) in [5.74, 6) is 0.841. The number of carbonyl (C=O) groups is 1. The van der Waals surface area contributed by atoms with Crippen LogP contribution >= 0.6 is 0 Å². The van der Waals surface area contributed by atoms with Crippen LogP contribution in [0.4, 0.5) is 0 Å². The van der Waals surface area contributed by atoms with Crippen molar-refractivity contribution >= 4 is 11.9 Å².